The standard InChI is InChI=1S/C29H37ClN6O4/c1-28(2,3)40-24(38)17-29(12-15-36(16-13-29)26-21-11-14-32-25(21)33-18-34-26)27(39)35-22(5-4-6-23(31)37)19-7-9-20(30)10-8-19/h7-11,14,18,22H,4-6,12-13,15-17H2,1-3H3,(H2,31,37)(H,35,39)(H,32,33,34). The summed E-state index contributed by atoms with van der Waals surface area (Å²) < 4.78 is 5.65. The summed E-state index contributed by atoms with van der Waals surface area (Å²) in [4.78, 5) is 52.5. The van der Waals surface area contributed by atoms with Gasteiger partial charge < -0.3 is 25.7 Å². The molecule has 0 radical (unpaired) electrons. The molecule has 0 aliphatic carbocycles. The summed E-state index contributed by atoms with van der Waals surface area (Å²) in [5, 5.41) is 4.68. The van der Waals surface area contributed by atoms with Crippen molar-refractivity contribution in [1.29, 1.82) is 0 Å². The van der Waals surface area contributed by atoms with E-state index in [4.69, 9.17) is 22.1 Å². The molecule has 2 amide bonds. The highest BCUT2D eigenvalue weighted by molar-refractivity contribution is 6.30. The van der Waals surface area contributed by atoms with Gasteiger partial charge in [-0.15, -0.1) is 0 Å². The average molecular weight is 569 g/mol. The van der Waals surface area contributed by atoms with Crippen molar-refractivity contribution in [1.82, 2.24) is 20.3 Å². The van der Waals surface area contributed by atoms with Crippen LogP contribution in [-0.4, -0.2) is 51.4 Å². The van der Waals surface area contributed by atoms with Crippen molar-refractivity contribution >= 4 is 46.2 Å². The molecule has 1 aliphatic heterocycles. The minimum atomic E-state index is -0.975. The molecule has 11 heteroatoms. The molecule has 0 saturated carbocycles. The van der Waals surface area contributed by atoms with Crippen molar-refractivity contribution in [2.75, 3.05) is 18.0 Å². The summed E-state index contributed by atoms with van der Waals surface area (Å²) in [5.41, 5.74) is 5.32. The maximum atomic E-state index is 14.1. The van der Waals surface area contributed by atoms with E-state index < -0.39 is 22.9 Å². The Labute approximate surface area is 239 Å². The third kappa shape index (κ3) is 7.29. The van der Waals surface area contributed by atoms with Gasteiger partial charge in [-0.2, -0.15) is 0 Å². The molecule has 10 nitrogen and oxygen atoms in total. The van der Waals surface area contributed by atoms with Crippen LogP contribution >= 0.6 is 11.6 Å². The number of nitrogens with zero attached hydrogens (tertiary/aromatic N) is 3. The highest BCUT2D eigenvalue weighted by atomic mass is 35.5. The van der Waals surface area contributed by atoms with Gasteiger partial charge in [-0.3, -0.25) is 14.4 Å². The van der Waals surface area contributed by atoms with Gasteiger partial charge in [0.05, 0.1) is 23.3 Å². The molecule has 1 atom stereocenters. The summed E-state index contributed by atoms with van der Waals surface area (Å²) in [6, 6.07) is 8.81. The molecular weight excluding hydrogens is 532 g/mol. The summed E-state index contributed by atoms with van der Waals surface area (Å²) >= 11 is 6.10. The zero-order valence-electron chi connectivity index (χ0n) is 23.2. The number of aromatic amines is 1. The Balaban J connectivity index is 1.57. The van der Waals surface area contributed by atoms with Crippen LogP contribution in [0, 0.1) is 5.41 Å². The van der Waals surface area contributed by atoms with Crippen LogP contribution in [0.25, 0.3) is 11.0 Å². The minimum Gasteiger partial charge on any atom is -0.460 e. The number of aromatic nitrogens is 3. The maximum absolute atomic E-state index is 14.1. The normalized spacial score (nSPS) is 15.9. The minimum absolute atomic E-state index is 0.0398. The summed E-state index contributed by atoms with van der Waals surface area (Å²) in [6.45, 7) is 6.49. The van der Waals surface area contributed by atoms with Crippen molar-refractivity contribution in [3.8, 4) is 0 Å². The SMILES string of the molecule is CC(C)(C)OC(=O)CC1(C(=O)NC(CCCC(N)=O)c2ccc(Cl)cc2)CCN(c2ncnc3[nH]ccc23)CC1. The predicted molar refractivity (Wildman–Crippen MR) is 154 cm³/mol. The van der Waals surface area contributed by atoms with E-state index in [2.05, 4.69) is 25.2 Å². The van der Waals surface area contributed by atoms with E-state index in [1.807, 2.05) is 45.2 Å². The molecule has 1 saturated heterocycles. The van der Waals surface area contributed by atoms with Crippen molar-refractivity contribution in [2.24, 2.45) is 11.1 Å². The number of nitrogens with two attached hydrogens (primary N) is 1. The molecule has 1 aromatic carbocycles. The Morgan fingerprint density at radius 2 is 1.85 bits per heavy atom. The van der Waals surface area contributed by atoms with E-state index in [1.165, 1.54) is 6.33 Å². The molecule has 2 aromatic heterocycles. The lowest BCUT2D eigenvalue weighted by Crippen LogP contribution is -2.51. The molecule has 3 aromatic rings. The number of amides is 2. The first kappa shape index (κ1) is 29.3. The van der Waals surface area contributed by atoms with Gasteiger partial charge in [-0.25, -0.2) is 9.97 Å². The van der Waals surface area contributed by atoms with Gasteiger partial charge in [-0.1, -0.05) is 23.7 Å². The average Bonchev–Trinajstić information content (AvgIpc) is 3.37. The molecule has 4 N–H and O–H groups in total. The maximum Gasteiger partial charge on any atom is 0.307 e. The summed E-state index contributed by atoms with van der Waals surface area (Å²) in [5.74, 6) is -0.228. The molecule has 1 unspecified atom stereocenters. The number of carbonyl (C=O) groups is 3. The molecular formula is C29H37ClN6O4. The number of benzene rings is 1. The molecule has 214 valence electrons. The van der Waals surface area contributed by atoms with Gasteiger partial charge in [0, 0.05) is 30.7 Å². The fourth-order valence-electron chi connectivity index (χ4n) is 5.20. The van der Waals surface area contributed by atoms with Crippen LogP contribution in [0.4, 0.5) is 5.82 Å². The Bertz CT molecular complexity index is 1340. The number of carbonyl (C=O) groups excluding carboxylic acids is 3. The van der Waals surface area contributed by atoms with Crippen molar-refractivity contribution in [3.63, 3.8) is 0 Å². The molecule has 3 heterocycles. The lowest BCUT2D eigenvalue weighted by atomic mass is 9.74. The van der Waals surface area contributed by atoms with E-state index in [0.29, 0.717) is 43.8 Å². The van der Waals surface area contributed by atoms with E-state index in [0.717, 1.165) is 22.4 Å². The predicted octanol–water partition coefficient (Wildman–Crippen LogP) is 4.44. The lowest BCUT2D eigenvalue weighted by molar-refractivity contribution is -0.161. The van der Waals surface area contributed by atoms with E-state index >= 15 is 0 Å². The molecule has 4 rings (SSSR count). The summed E-state index contributed by atoms with van der Waals surface area (Å²) in [7, 11) is 0. The topological polar surface area (TPSA) is 143 Å². The van der Waals surface area contributed by atoms with E-state index in [1.54, 1.807) is 12.1 Å². The first-order valence-corrected chi connectivity index (χ1v) is 13.9. The van der Waals surface area contributed by atoms with Crippen LogP contribution in [-0.2, 0) is 19.1 Å². The first-order chi connectivity index (χ1) is 19.0. The van der Waals surface area contributed by atoms with Gasteiger partial charge in [0.2, 0.25) is 11.8 Å². The molecule has 40 heavy (non-hydrogen) atoms. The Hall–Kier alpha value is -3.66. The van der Waals surface area contributed by atoms with Crippen molar-refractivity contribution < 1.29 is 19.1 Å². The highest BCUT2D eigenvalue weighted by Gasteiger charge is 2.45. The number of anilines is 1. The smallest absolute Gasteiger partial charge is 0.307 e. The lowest BCUT2D eigenvalue weighted by Gasteiger charge is -2.41. The van der Waals surface area contributed by atoms with Crippen molar-refractivity contribution in [2.45, 2.75) is 70.9 Å². The third-order valence-corrected chi connectivity index (χ3v) is 7.48. The summed E-state index contributed by atoms with van der Waals surface area (Å²) in [6.07, 6.45) is 5.40. The second kappa shape index (κ2) is 12.2. The second-order valence-corrected chi connectivity index (χ2v) is 11.8. The number of halogens is 1. The molecule has 1 fully saturated rings. The zero-order valence-corrected chi connectivity index (χ0v) is 24.0. The zero-order chi connectivity index (χ0) is 28.9. The third-order valence-electron chi connectivity index (χ3n) is 7.23. The van der Waals surface area contributed by atoms with Gasteiger partial charge >= 0.3 is 5.97 Å². The number of nitrogens with one attached hydrogen (secondary N) is 2. The van der Waals surface area contributed by atoms with Crippen LogP contribution < -0.4 is 16.0 Å². The fourth-order valence-corrected chi connectivity index (χ4v) is 5.33. The van der Waals surface area contributed by atoms with Crippen LogP contribution in [0.2, 0.25) is 5.02 Å². The fraction of sp³-hybridized carbons (Fsp3) is 0.483. The first-order valence-electron chi connectivity index (χ1n) is 13.6. The monoisotopic (exact) mass is 568 g/mol. The Kier molecular flexibility index (Phi) is 8.98. The van der Waals surface area contributed by atoms with Crippen LogP contribution in [0.15, 0.2) is 42.9 Å². The van der Waals surface area contributed by atoms with Gasteiger partial charge in [0.25, 0.3) is 0 Å². The number of hydrogen-bond acceptors (Lipinski definition) is 7. The van der Waals surface area contributed by atoms with Gasteiger partial charge in [0.15, 0.2) is 0 Å². The van der Waals surface area contributed by atoms with Crippen LogP contribution in [0.5, 0.6) is 0 Å². The number of H-pyrrole nitrogens is 1. The number of fused-ring (bicyclic) bond motifs is 1. The number of piperidine rings is 1. The van der Waals surface area contributed by atoms with E-state index in [-0.39, 0.29) is 24.8 Å². The Morgan fingerprint density at radius 1 is 1.15 bits per heavy atom. The number of primary amides is 1. The Morgan fingerprint density at radius 3 is 2.50 bits per heavy atom. The van der Waals surface area contributed by atoms with E-state index in [9.17, 15) is 14.4 Å². The molecule has 0 spiro atoms. The van der Waals surface area contributed by atoms with Gasteiger partial charge in [-0.05, 0) is 70.2 Å². The quantitative estimate of drug-likeness (QED) is 0.307. The molecule has 1 aliphatic rings. The van der Waals surface area contributed by atoms with Crippen LogP contribution in [0.1, 0.15) is 70.9 Å². The van der Waals surface area contributed by atoms with Crippen LogP contribution in [0.3, 0.4) is 0 Å². The second-order valence-electron chi connectivity index (χ2n) is 11.4. The number of rotatable bonds is 10. The van der Waals surface area contributed by atoms with Crippen molar-refractivity contribution in [3.05, 3.63) is 53.4 Å². The van der Waals surface area contributed by atoms with Gasteiger partial charge in [0.1, 0.15) is 23.4 Å². The number of hydrogen-bond donors (Lipinski definition) is 3. The number of esters is 1. The number of ether oxygens (including phenoxy) is 1. The largest absolute Gasteiger partial charge is 0.460 e. The highest BCUT2D eigenvalue weighted by Crippen LogP contribution is 2.39. The molecule has 0 bridgehead atoms.